The van der Waals surface area contributed by atoms with Crippen molar-refractivity contribution in [2.24, 2.45) is 0 Å². The highest BCUT2D eigenvalue weighted by molar-refractivity contribution is 5.94. The van der Waals surface area contributed by atoms with Crippen molar-refractivity contribution in [3.63, 3.8) is 0 Å². The summed E-state index contributed by atoms with van der Waals surface area (Å²) in [7, 11) is 0. The predicted octanol–water partition coefficient (Wildman–Crippen LogP) is 2.56. The molecule has 6 nitrogen and oxygen atoms in total. The molecule has 2 aromatic heterocycles. The number of aryl methyl sites for hydroxylation is 2. The summed E-state index contributed by atoms with van der Waals surface area (Å²) in [6, 6.07) is 9.22. The monoisotopic (exact) mass is 365 g/mol. The summed E-state index contributed by atoms with van der Waals surface area (Å²) in [4.78, 5) is 33.9. The molecule has 0 aliphatic carbocycles. The molecule has 2 N–H and O–H groups in total. The number of H-pyrrole nitrogens is 1. The van der Waals surface area contributed by atoms with Gasteiger partial charge in [-0.15, -0.1) is 0 Å². The molecular weight excluding hydrogens is 342 g/mol. The number of nitrogens with one attached hydrogen (secondary N) is 1. The van der Waals surface area contributed by atoms with Gasteiger partial charge in [-0.25, -0.2) is 0 Å². The highest BCUT2D eigenvalue weighted by Crippen LogP contribution is 2.19. The molecule has 0 radical (unpaired) electrons. The van der Waals surface area contributed by atoms with Crippen molar-refractivity contribution in [1.29, 1.82) is 0 Å². The summed E-state index contributed by atoms with van der Waals surface area (Å²) in [6.07, 6.45) is 3.55. The first-order valence-corrected chi connectivity index (χ1v) is 8.93. The lowest BCUT2D eigenvalue weighted by molar-refractivity contribution is 0.0731. The van der Waals surface area contributed by atoms with Gasteiger partial charge in [0.05, 0.1) is 17.6 Å². The second kappa shape index (κ2) is 8.14. The first-order valence-electron chi connectivity index (χ1n) is 8.93. The Kier molecular flexibility index (Phi) is 5.66. The number of aromatic nitrogens is 2. The maximum Gasteiger partial charge on any atom is 0.255 e. The second-order valence-electron chi connectivity index (χ2n) is 6.64. The molecule has 1 amide bonds. The third-order valence-electron chi connectivity index (χ3n) is 4.77. The third kappa shape index (κ3) is 4.06. The van der Waals surface area contributed by atoms with E-state index < -0.39 is 0 Å². The van der Waals surface area contributed by atoms with Gasteiger partial charge in [-0.05, 0) is 55.0 Å². The zero-order valence-corrected chi connectivity index (χ0v) is 15.5. The van der Waals surface area contributed by atoms with E-state index in [4.69, 9.17) is 5.11 Å². The number of hydrogen-bond acceptors (Lipinski definition) is 4. The van der Waals surface area contributed by atoms with E-state index in [2.05, 4.69) is 9.97 Å². The lowest BCUT2D eigenvalue weighted by Crippen LogP contribution is -2.34. The maximum absolute atomic E-state index is 12.8. The molecule has 0 spiro atoms. The molecule has 2 heterocycles. The minimum Gasteiger partial charge on any atom is -0.396 e. The number of benzene rings is 1. The second-order valence-corrected chi connectivity index (χ2v) is 6.64. The first kappa shape index (κ1) is 18.8. The molecular formula is C21H23N3O3. The van der Waals surface area contributed by atoms with Crippen LogP contribution in [0.1, 0.15) is 33.5 Å². The highest BCUT2D eigenvalue weighted by Gasteiger charge is 2.18. The van der Waals surface area contributed by atoms with Crippen LogP contribution in [0.3, 0.4) is 0 Å². The van der Waals surface area contributed by atoms with Crippen molar-refractivity contribution in [3.8, 4) is 0 Å². The number of nitrogens with zero attached hydrogens (tertiary/aromatic N) is 2. The minimum absolute atomic E-state index is 0.0244. The van der Waals surface area contributed by atoms with Crippen LogP contribution < -0.4 is 5.56 Å². The Morgan fingerprint density at radius 3 is 2.78 bits per heavy atom. The lowest BCUT2D eigenvalue weighted by Gasteiger charge is -2.22. The smallest absolute Gasteiger partial charge is 0.255 e. The van der Waals surface area contributed by atoms with Crippen LogP contribution in [-0.2, 0) is 6.54 Å². The summed E-state index contributed by atoms with van der Waals surface area (Å²) in [5, 5.41) is 10.1. The Bertz CT molecular complexity index is 1010. The molecule has 0 saturated heterocycles. The molecule has 3 rings (SSSR count). The highest BCUT2D eigenvalue weighted by atomic mass is 16.3. The van der Waals surface area contributed by atoms with Crippen molar-refractivity contribution in [2.75, 3.05) is 13.2 Å². The van der Waals surface area contributed by atoms with Crippen LogP contribution in [0, 0.1) is 13.8 Å². The fourth-order valence-electron chi connectivity index (χ4n) is 3.08. The van der Waals surface area contributed by atoms with Gasteiger partial charge in [-0.3, -0.25) is 14.6 Å². The van der Waals surface area contributed by atoms with Crippen LogP contribution in [0.25, 0.3) is 10.9 Å². The molecule has 140 valence electrons. The van der Waals surface area contributed by atoms with Gasteiger partial charge in [0, 0.05) is 31.1 Å². The van der Waals surface area contributed by atoms with E-state index in [0.29, 0.717) is 24.1 Å². The number of hydrogen-bond donors (Lipinski definition) is 2. The average molecular weight is 365 g/mol. The van der Waals surface area contributed by atoms with Crippen molar-refractivity contribution < 1.29 is 9.90 Å². The van der Waals surface area contributed by atoms with Gasteiger partial charge < -0.3 is 15.0 Å². The fourth-order valence-corrected chi connectivity index (χ4v) is 3.08. The van der Waals surface area contributed by atoms with Crippen molar-refractivity contribution in [2.45, 2.75) is 26.8 Å². The van der Waals surface area contributed by atoms with Gasteiger partial charge in [0.25, 0.3) is 11.5 Å². The molecule has 0 atom stereocenters. The number of aromatic amines is 1. The lowest BCUT2D eigenvalue weighted by atomic mass is 10.0. The minimum atomic E-state index is -0.212. The molecule has 0 saturated carbocycles. The summed E-state index contributed by atoms with van der Waals surface area (Å²) in [5.41, 5.74) is 3.75. The largest absolute Gasteiger partial charge is 0.396 e. The van der Waals surface area contributed by atoms with Crippen LogP contribution in [0.2, 0.25) is 0 Å². The number of pyridine rings is 2. The van der Waals surface area contributed by atoms with E-state index in [-0.39, 0.29) is 24.6 Å². The summed E-state index contributed by atoms with van der Waals surface area (Å²) in [6.45, 7) is 4.49. The normalized spacial score (nSPS) is 10.9. The summed E-state index contributed by atoms with van der Waals surface area (Å²) in [5.74, 6) is -0.212. The van der Waals surface area contributed by atoms with Crippen LogP contribution in [0.5, 0.6) is 0 Å². The molecule has 0 aliphatic heterocycles. The average Bonchev–Trinajstić information content (AvgIpc) is 2.69. The Morgan fingerprint density at radius 2 is 2.07 bits per heavy atom. The topological polar surface area (TPSA) is 86.3 Å². The number of aliphatic hydroxyl groups is 1. The maximum atomic E-state index is 12.8. The molecule has 27 heavy (non-hydrogen) atoms. The Morgan fingerprint density at radius 1 is 1.26 bits per heavy atom. The number of carbonyl (C=O) groups excluding carboxylic acids is 1. The third-order valence-corrected chi connectivity index (χ3v) is 4.77. The SMILES string of the molecule is Cc1ccc2cc(CN(CCCO)C(=O)c3cccnc3)c(=O)[nH]c2c1C. The van der Waals surface area contributed by atoms with Gasteiger partial charge in [0.2, 0.25) is 0 Å². The van der Waals surface area contributed by atoms with E-state index in [1.807, 2.05) is 32.0 Å². The first-order chi connectivity index (χ1) is 13.0. The Balaban J connectivity index is 1.96. The van der Waals surface area contributed by atoms with Gasteiger partial charge >= 0.3 is 0 Å². The Labute approximate surface area is 157 Å². The number of amides is 1. The molecule has 0 aliphatic rings. The summed E-state index contributed by atoms with van der Waals surface area (Å²) >= 11 is 0. The van der Waals surface area contributed by atoms with E-state index in [9.17, 15) is 9.59 Å². The molecule has 0 fully saturated rings. The molecule has 6 heteroatoms. The van der Waals surface area contributed by atoms with Crippen LogP contribution in [0.15, 0.2) is 47.5 Å². The number of carbonyl (C=O) groups is 1. The quantitative estimate of drug-likeness (QED) is 0.703. The number of rotatable bonds is 6. The molecule has 0 bridgehead atoms. The molecule has 1 aromatic carbocycles. The van der Waals surface area contributed by atoms with Crippen LogP contribution in [-0.4, -0.2) is 39.0 Å². The summed E-state index contributed by atoms with van der Waals surface area (Å²) < 4.78 is 0. The van der Waals surface area contributed by atoms with Gasteiger partial charge in [0.15, 0.2) is 0 Å². The van der Waals surface area contributed by atoms with Crippen molar-refractivity contribution in [1.82, 2.24) is 14.9 Å². The van der Waals surface area contributed by atoms with Gasteiger partial charge in [0.1, 0.15) is 0 Å². The van der Waals surface area contributed by atoms with E-state index in [1.165, 1.54) is 6.20 Å². The van der Waals surface area contributed by atoms with E-state index in [1.54, 1.807) is 23.2 Å². The standard InChI is InChI=1S/C21H23N3O3/c1-14-6-7-16-11-18(20(26)23-19(16)15(14)2)13-24(9-4-10-25)21(27)17-5-3-8-22-12-17/h3,5-8,11-12,25H,4,9-10,13H2,1-2H3,(H,23,26). The van der Waals surface area contributed by atoms with E-state index >= 15 is 0 Å². The number of aliphatic hydroxyl groups excluding tert-OH is 1. The molecule has 0 unspecified atom stereocenters. The zero-order chi connectivity index (χ0) is 19.4. The van der Waals surface area contributed by atoms with Crippen LogP contribution in [0.4, 0.5) is 0 Å². The zero-order valence-electron chi connectivity index (χ0n) is 15.5. The van der Waals surface area contributed by atoms with Crippen molar-refractivity contribution in [3.05, 3.63) is 75.3 Å². The molecule has 3 aromatic rings. The Hall–Kier alpha value is -2.99. The van der Waals surface area contributed by atoms with Gasteiger partial charge in [-0.1, -0.05) is 12.1 Å². The number of fused-ring (bicyclic) bond motifs is 1. The predicted molar refractivity (Wildman–Crippen MR) is 105 cm³/mol. The van der Waals surface area contributed by atoms with Crippen LogP contribution >= 0.6 is 0 Å². The van der Waals surface area contributed by atoms with Crippen molar-refractivity contribution >= 4 is 16.8 Å². The van der Waals surface area contributed by atoms with Gasteiger partial charge in [-0.2, -0.15) is 0 Å². The fraction of sp³-hybridized carbons (Fsp3) is 0.286. The van der Waals surface area contributed by atoms with E-state index in [0.717, 1.165) is 22.0 Å².